The molecule has 8 heteroatoms. The number of nitrogens with one attached hydrogen (secondary N) is 2. The minimum atomic E-state index is -0.578. The average Bonchev–Trinajstić information content (AvgIpc) is 3.28. The Morgan fingerprint density at radius 3 is 2.48 bits per heavy atom. The third-order valence-electron chi connectivity index (χ3n) is 6.24. The molecule has 4 rings (SSSR count). The van der Waals surface area contributed by atoms with Crippen molar-refractivity contribution in [3.05, 3.63) is 89.6 Å². The molecule has 1 heterocycles. The molecule has 0 radical (unpaired) electrons. The van der Waals surface area contributed by atoms with Gasteiger partial charge in [-0.2, -0.15) is 0 Å². The Morgan fingerprint density at radius 1 is 0.950 bits per heavy atom. The van der Waals surface area contributed by atoms with Crippen molar-refractivity contribution in [2.75, 3.05) is 11.9 Å². The predicted octanol–water partition coefficient (Wildman–Crippen LogP) is 6.23. The second kappa shape index (κ2) is 12.1. The summed E-state index contributed by atoms with van der Waals surface area (Å²) in [7, 11) is 1.93. The SMILES string of the molecule is CCOC(=O)Cc1ccccc1NC(=O)c1cc(-c2cccc(CNC(=O)OC(C)(C)C)c2)c2ccn(C)c2c1. The first-order valence-corrected chi connectivity index (χ1v) is 13.2. The van der Waals surface area contributed by atoms with Crippen molar-refractivity contribution in [3.63, 3.8) is 0 Å². The van der Waals surface area contributed by atoms with Crippen LogP contribution in [0.4, 0.5) is 10.5 Å². The summed E-state index contributed by atoms with van der Waals surface area (Å²) in [5, 5.41) is 6.77. The fourth-order valence-corrected chi connectivity index (χ4v) is 4.44. The number of carbonyl (C=O) groups is 3. The number of amides is 2. The van der Waals surface area contributed by atoms with Crippen LogP contribution in [0, 0.1) is 0 Å². The first-order chi connectivity index (χ1) is 19.0. The van der Waals surface area contributed by atoms with Crippen LogP contribution in [0.2, 0.25) is 0 Å². The molecule has 0 aliphatic carbocycles. The number of rotatable bonds is 8. The molecule has 0 saturated carbocycles. The van der Waals surface area contributed by atoms with Crippen LogP contribution in [0.25, 0.3) is 22.0 Å². The monoisotopic (exact) mass is 541 g/mol. The summed E-state index contributed by atoms with van der Waals surface area (Å²) in [4.78, 5) is 37.7. The Morgan fingerprint density at radius 2 is 1.73 bits per heavy atom. The maximum atomic E-state index is 13.5. The second-order valence-electron chi connectivity index (χ2n) is 10.5. The molecule has 208 valence electrons. The zero-order valence-electron chi connectivity index (χ0n) is 23.5. The first kappa shape index (κ1) is 28.4. The second-order valence-corrected chi connectivity index (χ2v) is 10.5. The lowest BCUT2D eigenvalue weighted by atomic mass is 9.97. The van der Waals surface area contributed by atoms with E-state index in [1.54, 1.807) is 19.1 Å². The molecule has 0 bridgehead atoms. The molecule has 40 heavy (non-hydrogen) atoms. The minimum absolute atomic E-state index is 0.0660. The Labute approximate surface area is 234 Å². The molecule has 0 spiro atoms. The Hall–Kier alpha value is -4.59. The van der Waals surface area contributed by atoms with Gasteiger partial charge in [0.05, 0.1) is 13.0 Å². The Balaban J connectivity index is 1.62. The first-order valence-electron chi connectivity index (χ1n) is 13.2. The van der Waals surface area contributed by atoms with E-state index >= 15 is 0 Å². The number of esters is 1. The summed E-state index contributed by atoms with van der Waals surface area (Å²) in [6.45, 7) is 7.82. The van der Waals surface area contributed by atoms with Crippen LogP contribution in [0.5, 0.6) is 0 Å². The summed E-state index contributed by atoms with van der Waals surface area (Å²) in [6, 6.07) is 20.8. The zero-order valence-corrected chi connectivity index (χ0v) is 23.5. The van der Waals surface area contributed by atoms with E-state index in [1.807, 2.05) is 93.2 Å². The smallest absolute Gasteiger partial charge is 0.407 e. The number of fused-ring (bicyclic) bond motifs is 1. The minimum Gasteiger partial charge on any atom is -0.466 e. The quantitative estimate of drug-likeness (QED) is 0.258. The van der Waals surface area contributed by atoms with Gasteiger partial charge >= 0.3 is 12.1 Å². The van der Waals surface area contributed by atoms with Crippen molar-refractivity contribution < 1.29 is 23.9 Å². The van der Waals surface area contributed by atoms with Crippen molar-refractivity contribution in [1.29, 1.82) is 0 Å². The van der Waals surface area contributed by atoms with E-state index in [-0.39, 0.29) is 18.3 Å². The van der Waals surface area contributed by atoms with E-state index in [1.165, 1.54) is 0 Å². The molecule has 0 fully saturated rings. The van der Waals surface area contributed by atoms with Crippen molar-refractivity contribution in [1.82, 2.24) is 9.88 Å². The fourth-order valence-electron chi connectivity index (χ4n) is 4.44. The van der Waals surface area contributed by atoms with Gasteiger partial charge in [0, 0.05) is 41.9 Å². The number of aryl methyl sites for hydroxylation is 1. The standard InChI is InChI=1S/C32H35N3O5/c1-6-39-29(36)19-23-11-7-8-13-27(23)34-30(37)24-17-26(25-14-15-35(5)28(25)18-24)22-12-9-10-21(16-22)20-33-31(38)40-32(2,3)4/h7-18H,6,19-20H2,1-5H3,(H,33,38)(H,34,37). The lowest BCUT2D eigenvalue weighted by Gasteiger charge is -2.19. The molecule has 2 N–H and O–H groups in total. The molecule has 0 aliphatic rings. The number of hydrogen-bond acceptors (Lipinski definition) is 5. The molecule has 1 aromatic heterocycles. The zero-order chi connectivity index (χ0) is 28.9. The summed E-state index contributed by atoms with van der Waals surface area (Å²) in [5.74, 6) is -0.638. The van der Waals surface area contributed by atoms with Crippen molar-refractivity contribution >= 4 is 34.6 Å². The van der Waals surface area contributed by atoms with Gasteiger partial charge in [-0.3, -0.25) is 9.59 Å². The van der Waals surface area contributed by atoms with Crippen LogP contribution in [0.3, 0.4) is 0 Å². The van der Waals surface area contributed by atoms with Gasteiger partial charge in [0.15, 0.2) is 0 Å². The molecular weight excluding hydrogens is 506 g/mol. The molecular formula is C32H35N3O5. The highest BCUT2D eigenvalue weighted by Crippen LogP contribution is 2.32. The summed E-state index contributed by atoms with van der Waals surface area (Å²) in [6.07, 6.45) is 1.54. The predicted molar refractivity (Wildman–Crippen MR) is 156 cm³/mol. The lowest BCUT2D eigenvalue weighted by molar-refractivity contribution is -0.142. The highest BCUT2D eigenvalue weighted by molar-refractivity contribution is 6.09. The lowest BCUT2D eigenvalue weighted by Crippen LogP contribution is -2.32. The molecule has 4 aromatic rings. The van der Waals surface area contributed by atoms with E-state index in [0.717, 1.165) is 27.6 Å². The summed E-state index contributed by atoms with van der Waals surface area (Å²) >= 11 is 0. The van der Waals surface area contributed by atoms with Gasteiger partial charge in [0.2, 0.25) is 0 Å². The topological polar surface area (TPSA) is 98.7 Å². The number of nitrogens with zero attached hydrogens (tertiary/aromatic N) is 1. The number of benzene rings is 3. The van der Waals surface area contributed by atoms with E-state index in [4.69, 9.17) is 9.47 Å². The third-order valence-corrected chi connectivity index (χ3v) is 6.24. The fraction of sp³-hybridized carbons (Fsp3) is 0.281. The van der Waals surface area contributed by atoms with Gasteiger partial charge in [-0.1, -0.05) is 36.4 Å². The maximum absolute atomic E-state index is 13.5. The van der Waals surface area contributed by atoms with Crippen LogP contribution in [-0.2, 0) is 34.3 Å². The van der Waals surface area contributed by atoms with Gasteiger partial charge in [-0.15, -0.1) is 0 Å². The van der Waals surface area contributed by atoms with Gasteiger partial charge < -0.3 is 24.7 Å². The maximum Gasteiger partial charge on any atom is 0.407 e. The highest BCUT2D eigenvalue weighted by Gasteiger charge is 2.18. The molecule has 8 nitrogen and oxygen atoms in total. The molecule has 3 aromatic carbocycles. The molecule has 0 unspecified atom stereocenters. The van der Waals surface area contributed by atoms with Crippen molar-refractivity contribution in [2.45, 2.75) is 46.3 Å². The van der Waals surface area contributed by atoms with Crippen LogP contribution in [-0.4, -0.2) is 34.7 Å². The summed E-state index contributed by atoms with van der Waals surface area (Å²) < 4.78 is 12.4. The largest absolute Gasteiger partial charge is 0.466 e. The Kier molecular flexibility index (Phi) is 8.58. The van der Waals surface area contributed by atoms with Crippen LogP contribution >= 0.6 is 0 Å². The van der Waals surface area contributed by atoms with Crippen LogP contribution < -0.4 is 10.6 Å². The number of anilines is 1. The molecule has 0 saturated heterocycles. The van der Waals surface area contributed by atoms with Crippen LogP contribution in [0.1, 0.15) is 49.2 Å². The number of carbonyl (C=O) groups excluding carboxylic acids is 3. The summed E-state index contributed by atoms with van der Waals surface area (Å²) in [5.41, 5.74) is 4.75. The molecule has 0 atom stereocenters. The molecule has 0 aliphatic heterocycles. The van der Waals surface area contributed by atoms with Crippen LogP contribution in [0.15, 0.2) is 72.9 Å². The number of alkyl carbamates (subject to hydrolysis) is 1. The Bertz CT molecular complexity index is 1550. The average molecular weight is 542 g/mol. The highest BCUT2D eigenvalue weighted by atomic mass is 16.6. The van der Waals surface area contributed by atoms with E-state index in [9.17, 15) is 14.4 Å². The van der Waals surface area contributed by atoms with Gasteiger partial charge in [-0.05, 0) is 80.3 Å². The van der Waals surface area contributed by atoms with E-state index in [2.05, 4.69) is 10.6 Å². The third kappa shape index (κ3) is 7.08. The van der Waals surface area contributed by atoms with Crippen molar-refractivity contribution in [2.24, 2.45) is 7.05 Å². The van der Waals surface area contributed by atoms with Gasteiger partial charge in [-0.25, -0.2) is 4.79 Å². The van der Waals surface area contributed by atoms with Gasteiger partial charge in [0.25, 0.3) is 5.91 Å². The number of ether oxygens (including phenoxy) is 2. The number of hydrogen-bond donors (Lipinski definition) is 2. The number of para-hydroxylation sites is 1. The van der Waals surface area contributed by atoms with Gasteiger partial charge in [0.1, 0.15) is 5.60 Å². The van der Waals surface area contributed by atoms with E-state index in [0.29, 0.717) is 30.0 Å². The normalized spacial score (nSPS) is 11.2. The van der Waals surface area contributed by atoms with E-state index < -0.39 is 11.7 Å². The molecule has 2 amide bonds. The van der Waals surface area contributed by atoms with Crippen molar-refractivity contribution in [3.8, 4) is 11.1 Å². The number of aromatic nitrogens is 1.